The van der Waals surface area contributed by atoms with Crippen molar-refractivity contribution < 1.29 is 13.7 Å². The SMILES string of the molecule is Fc1cccc(C2(c3nc(C4COCCN4)no3)CCC2)c1. The molecule has 1 saturated carbocycles. The summed E-state index contributed by atoms with van der Waals surface area (Å²) in [5, 5.41) is 7.43. The van der Waals surface area contributed by atoms with Gasteiger partial charge in [-0.2, -0.15) is 4.98 Å². The molecule has 0 amide bonds. The van der Waals surface area contributed by atoms with Crippen molar-refractivity contribution in [3.05, 3.63) is 47.4 Å². The first-order valence-electron chi connectivity index (χ1n) is 7.69. The number of halogens is 1. The van der Waals surface area contributed by atoms with E-state index in [9.17, 15) is 4.39 Å². The van der Waals surface area contributed by atoms with Crippen molar-refractivity contribution in [3.8, 4) is 0 Å². The highest BCUT2D eigenvalue weighted by Crippen LogP contribution is 2.48. The summed E-state index contributed by atoms with van der Waals surface area (Å²) in [6.07, 6.45) is 2.90. The van der Waals surface area contributed by atoms with Crippen molar-refractivity contribution in [3.63, 3.8) is 0 Å². The van der Waals surface area contributed by atoms with Crippen LogP contribution in [0.25, 0.3) is 0 Å². The van der Waals surface area contributed by atoms with Gasteiger partial charge in [0.2, 0.25) is 5.89 Å². The second kappa shape index (κ2) is 5.44. The molecule has 5 nitrogen and oxygen atoms in total. The molecule has 116 valence electrons. The maximum absolute atomic E-state index is 13.6. The Kier molecular flexibility index (Phi) is 3.43. The number of aromatic nitrogens is 2. The maximum Gasteiger partial charge on any atom is 0.237 e. The smallest absolute Gasteiger partial charge is 0.237 e. The molecule has 1 aromatic heterocycles. The molecule has 1 aliphatic carbocycles. The molecule has 0 bridgehead atoms. The Morgan fingerprint density at radius 1 is 1.32 bits per heavy atom. The molecular formula is C16H18FN3O2. The zero-order chi connectivity index (χ0) is 15.0. The fourth-order valence-electron chi connectivity index (χ4n) is 3.24. The molecule has 1 N–H and O–H groups in total. The predicted octanol–water partition coefficient (Wildman–Crippen LogP) is 2.34. The Labute approximate surface area is 127 Å². The van der Waals surface area contributed by atoms with Crippen molar-refractivity contribution in [2.24, 2.45) is 0 Å². The van der Waals surface area contributed by atoms with Gasteiger partial charge in [-0.1, -0.05) is 23.7 Å². The van der Waals surface area contributed by atoms with E-state index >= 15 is 0 Å². The molecule has 1 aliphatic heterocycles. The monoisotopic (exact) mass is 303 g/mol. The van der Waals surface area contributed by atoms with Crippen molar-refractivity contribution in [1.82, 2.24) is 15.5 Å². The first kappa shape index (κ1) is 13.8. The number of benzene rings is 1. The van der Waals surface area contributed by atoms with Crippen LogP contribution in [0.3, 0.4) is 0 Å². The van der Waals surface area contributed by atoms with E-state index in [0.29, 0.717) is 24.9 Å². The normalized spacial score (nSPS) is 24.0. The number of morpholine rings is 1. The molecule has 4 rings (SSSR count). The van der Waals surface area contributed by atoms with Crippen LogP contribution in [0.5, 0.6) is 0 Å². The second-order valence-corrected chi connectivity index (χ2v) is 5.99. The zero-order valence-electron chi connectivity index (χ0n) is 12.2. The fraction of sp³-hybridized carbons (Fsp3) is 0.500. The van der Waals surface area contributed by atoms with Crippen molar-refractivity contribution >= 4 is 0 Å². The van der Waals surface area contributed by atoms with E-state index < -0.39 is 0 Å². The number of nitrogens with one attached hydrogen (secondary N) is 1. The Morgan fingerprint density at radius 2 is 2.23 bits per heavy atom. The Hall–Kier alpha value is -1.79. The van der Waals surface area contributed by atoms with E-state index in [1.165, 1.54) is 6.07 Å². The van der Waals surface area contributed by atoms with E-state index in [1.54, 1.807) is 12.1 Å². The molecule has 0 radical (unpaired) electrons. The van der Waals surface area contributed by atoms with E-state index in [4.69, 9.17) is 9.26 Å². The minimum Gasteiger partial charge on any atom is -0.378 e. The largest absolute Gasteiger partial charge is 0.378 e. The van der Waals surface area contributed by atoms with Gasteiger partial charge in [-0.3, -0.25) is 0 Å². The third-order valence-electron chi connectivity index (χ3n) is 4.67. The lowest BCUT2D eigenvalue weighted by Gasteiger charge is -2.38. The van der Waals surface area contributed by atoms with Crippen LogP contribution >= 0.6 is 0 Å². The summed E-state index contributed by atoms with van der Waals surface area (Å²) in [5.41, 5.74) is 0.588. The number of nitrogens with zero attached hydrogens (tertiary/aromatic N) is 2. The third kappa shape index (κ3) is 2.23. The standard InChI is InChI=1S/C16H18FN3O2/c17-12-4-1-3-11(9-12)16(5-2-6-16)15-19-14(20-22-15)13-10-21-8-7-18-13/h1,3-4,9,13,18H,2,5-8,10H2. The maximum atomic E-state index is 13.6. The Morgan fingerprint density at radius 3 is 2.91 bits per heavy atom. The summed E-state index contributed by atoms with van der Waals surface area (Å²) < 4.78 is 24.6. The third-order valence-corrected chi connectivity index (χ3v) is 4.67. The highest BCUT2D eigenvalue weighted by Gasteiger charge is 2.45. The van der Waals surface area contributed by atoms with Gasteiger partial charge in [0.15, 0.2) is 5.82 Å². The molecule has 2 heterocycles. The number of rotatable bonds is 3. The summed E-state index contributed by atoms with van der Waals surface area (Å²) in [6, 6.07) is 6.67. The number of hydrogen-bond donors (Lipinski definition) is 1. The minimum atomic E-state index is -0.330. The second-order valence-electron chi connectivity index (χ2n) is 5.99. The van der Waals surface area contributed by atoms with Gasteiger partial charge in [-0.15, -0.1) is 0 Å². The quantitative estimate of drug-likeness (QED) is 0.943. The molecule has 0 spiro atoms. The van der Waals surface area contributed by atoms with Crippen LogP contribution in [0.1, 0.15) is 42.6 Å². The molecule has 2 aromatic rings. The van der Waals surface area contributed by atoms with Gasteiger partial charge < -0.3 is 14.6 Å². The van der Waals surface area contributed by atoms with E-state index in [2.05, 4.69) is 15.5 Å². The van der Waals surface area contributed by atoms with Crippen LogP contribution in [0, 0.1) is 5.82 Å². The van der Waals surface area contributed by atoms with Gasteiger partial charge in [0.05, 0.1) is 24.7 Å². The van der Waals surface area contributed by atoms with Gasteiger partial charge >= 0.3 is 0 Å². The van der Waals surface area contributed by atoms with Gasteiger partial charge in [0.1, 0.15) is 5.82 Å². The summed E-state index contributed by atoms with van der Waals surface area (Å²) in [6.45, 7) is 2.03. The van der Waals surface area contributed by atoms with Crippen molar-refractivity contribution in [2.45, 2.75) is 30.7 Å². The average Bonchev–Trinajstić information content (AvgIpc) is 2.97. The van der Waals surface area contributed by atoms with Crippen LogP contribution in [0.4, 0.5) is 4.39 Å². The van der Waals surface area contributed by atoms with E-state index in [1.807, 2.05) is 6.07 Å². The summed E-state index contributed by atoms with van der Waals surface area (Å²) in [5.74, 6) is 0.981. The topological polar surface area (TPSA) is 60.2 Å². The first-order valence-corrected chi connectivity index (χ1v) is 7.69. The minimum absolute atomic E-state index is 0.0316. The number of ether oxygens (including phenoxy) is 1. The van der Waals surface area contributed by atoms with Crippen molar-refractivity contribution in [1.29, 1.82) is 0 Å². The van der Waals surface area contributed by atoms with Crippen LogP contribution in [0.15, 0.2) is 28.8 Å². The Bertz CT molecular complexity index is 663. The van der Waals surface area contributed by atoms with Crippen LogP contribution < -0.4 is 5.32 Å². The molecule has 1 unspecified atom stereocenters. The van der Waals surface area contributed by atoms with Crippen LogP contribution in [0.2, 0.25) is 0 Å². The Balaban J connectivity index is 1.66. The molecule has 1 saturated heterocycles. The van der Waals surface area contributed by atoms with E-state index in [0.717, 1.165) is 31.4 Å². The lowest BCUT2D eigenvalue weighted by Crippen LogP contribution is -2.37. The van der Waals surface area contributed by atoms with Crippen molar-refractivity contribution in [2.75, 3.05) is 19.8 Å². The highest BCUT2D eigenvalue weighted by atomic mass is 19.1. The first-order chi connectivity index (χ1) is 10.8. The summed E-state index contributed by atoms with van der Waals surface area (Å²) in [7, 11) is 0. The lowest BCUT2D eigenvalue weighted by atomic mass is 9.64. The fourth-order valence-corrected chi connectivity index (χ4v) is 3.24. The molecule has 6 heteroatoms. The van der Waals surface area contributed by atoms with E-state index in [-0.39, 0.29) is 17.3 Å². The van der Waals surface area contributed by atoms with Gasteiger partial charge in [-0.25, -0.2) is 4.39 Å². The number of hydrogen-bond acceptors (Lipinski definition) is 5. The summed E-state index contributed by atoms with van der Waals surface area (Å²) in [4.78, 5) is 4.59. The van der Waals surface area contributed by atoms with Gasteiger partial charge in [0.25, 0.3) is 0 Å². The molecular weight excluding hydrogens is 285 g/mol. The highest BCUT2D eigenvalue weighted by molar-refractivity contribution is 5.35. The van der Waals surface area contributed by atoms with Gasteiger partial charge in [-0.05, 0) is 30.5 Å². The van der Waals surface area contributed by atoms with Crippen LogP contribution in [-0.4, -0.2) is 29.9 Å². The molecule has 1 aromatic carbocycles. The molecule has 2 fully saturated rings. The molecule has 1 atom stereocenters. The predicted molar refractivity (Wildman–Crippen MR) is 76.9 cm³/mol. The lowest BCUT2D eigenvalue weighted by molar-refractivity contribution is 0.0734. The van der Waals surface area contributed by atoms with Gasteiger partial charge in [0, 0.05) is 6.54 Å². The zero-order valence-corrected chi connectivity index (χ0v) is 12.2. The summed E-state index contributed by atoms with van der Waals surface area (Å²) >= 11 is 0. The van der Waals surface area contributed by atoms with Crippen LogP contribution in [-0.2, 0) is 10.2 Å². The average molecular weight is 303 g/mol. The molecule has 22 heavy (non-hydrogen) atoms. The molecule has 2 aliphatic rings.